The number of aromatic amines is 1. The van der Waals surface area contributed by atoms with E-state index in [2.05, 4.69) is 82.5 Å². The van der Waals surface area contributed by atoms with Gasteiger partial charge in [0.15, 0.2) is 0 Å². The van der Waals surface area contributed by atoms with E-state index >= 15 is 0 Å². The molecular formula is C33H39N5O2. The molecule has 2 aliphatic rings. The lowest BCUT2D eigenvalue weighted by Gasteiger charge is -2.43. The van der Waals surface area contributed by atoms with Crippen molar-refractivity contribution in [2.24, 2.45) is 5.41 Å². The van der Waals surface area contributed by atoms with Gasteiger partial charge in [-0.1, -0.05) is 63.2 Å². The zero-order chi connectivity index (χ0) is 27.7. The molecule has 1 aromatic heterocycles. The van der Waals surface area contributed by atoms with Crippen LogP contribution in [0.2, 0.25) is 0 Å². The lowest BCUT2D eigenvalue weighted by molar-refractivity contribution is -0.0660. The number of fused-ring (bicyclic) bond motifs is 1. The first-order valence-electron chi connectivity index (χ1n) is 14.4. The first-order valence-corrected chi connectivity index (χ1v) is 14.4. The van der Waals surface area contributed by atoms with Gasteiger partial charge in [-0.25, -0.2) is 0 Å². The van der Waals surface area contributed by atoms with Crippen LogP contribution in [0, 0.1) is 5.41 Å². The third-order valence-electron chi connectivity index (χ3n) is 8.11. The molecule has 6 rings (SSSR count). The molecule has 0 bridgehead atoms. The van der Waals surface area contributed by atoms with Crippen molar-refractivity contribution < 1.29 is 9.53 Å². The van der Waals surface area contributed by atoms with Gasteiger partial charge in [-0.3, -0.25) is 14.8 Å². The fourth-order valence-electron chi connectivity index (χ4n) is 5.78. The minimum atomic E-state index is -0.0740. The van der Waals surface area contributed by atoms with Gasteiger partial charge in [-0.15, -0.1) is 0 Å². The molecule has 0 saturated carbocycles. The van der Waals surface area contributed by atoms with Crippen LogP contribution in [0.15, 0.2) is 72.8 Å². The SMILES string of the molecule is CC(C)(C)C[C@H](NC(=O)c1ccc2[nH]nc(-c3ccc(N4CCN(C5COC5)CC4)cc3)c2c1)c1ccccc1. The number of hydrogen-bond donors (Lipinski definition) is 2. The van der Waals surface area contributed by atoms with E-state index in [0.717, 1.165) is 73.5 Å². The highest BCUT2D eigenvalue weighted by Gasteiger charge is 2.29. The third-order valence-corrected chi connectivity index (χ3v) is 8.11. The van der Waals surface area contributed by atoms with E-state index in [4.69, 9.17) is 4.74 Å². The summed E-state index contributed by atoms with van der Waals surface area (Å²) >= 11 is 0. The van der Waals surface area contributed by atoms with Crippen LogP contribution >= 0.6 is 0 Å². The van der Waals surface area contributed by atoms with Crippen LogP contribution in [0.1, 0.15) is 49.2 Å². The van der Waals surface area contributed by atoms with Crippen LogP contribution in [0.25, 0.3) is 22.2 Å². The monoisotopic (exact) mass is 537 g/mol. The molecule has 1 amide bonds. The molecule has 1 atom stereocenters. The Morgan fingerprint density at radius 1 is 1.00 bits per heavy atom. The molecular weight excluding hydrogens is 498 g/mol. The fraction of sp³-hybridized carbons (Fsp3) is 0.394. The minimum absolute atomic E-state index is 0.0651. The zero-order valence-electron chi connectivity index (χ0n) is 23.7. The number of nitrogens with one attached hydrogen (secondary N) is 2. The van der Waals surface area contributed by atoms with Crippen LogP contribution in [0.3, 0.4) is 0 Å². The normalized spacial score (nSPS) is 17.5. The summed E-state index contributed by atoms with van der Waals surface area (Å²) in [6.07, 6.45) is 0.846. The molecule has 0 spiro atoms. The van der Waals surface area contributed by atoms with Gasteiger partial charge in [-0.2, -0.15) is 5.10 Å². The molecule has 7 nitrogen and oxygen atoms in total. The fourth-order valence-corrected chi connectivity index (χ4v) is 5.78. The van der Waals surface area contributed by atoms with Crippen molar-refractivity contribution in [2.45, 2.75) is 39.3 Å². The number of amides is 1. The first-order chi connectivity index (χ1) is 19.3. The van der Waals surface area contributed by atoms with Crippen molar-refractivity contribution in [1.82, 2.24) is 20.4 Å². The largest absolute Gasteiger partial charge is 0.378 e. The van der Waals surface area contributed by atoms with Crippen molar-refractivity contribution in [1.29, 1.82) is 0 Å². The number of carbonyl (C=O) groups excluding carboxylic acids is 1. The number of ether oxygens (including phenoxy) is 1. The third kappa shape index (κ3) is 5.76. The second-order valence-corrected chi connectivity index (χ2v) is 12.3. The number of nitrogens with zero attached hydrogens (tertiary/aromatic N) is 3. The summed E-state index contributed by atoms with van der Waals surface area (Å²) in [5.41, 5.74) is 5.87. The molecule has 0 aliphatic carbocycles. The predicted molar refractivity (Wildman–Crippen MR) is 161 cm³/mol. The van der Waals surface area contributed by atoms with E-state index in [-0.39, 0.29) is 17.4 Å². The number of anilines is 1. The number of hydrogen-bond acceptors (Lipinski definition) is 5. The van der Waals surface area contributed by atoms with Crippen LogP contribution in [-0.4, -0.2) is 66.4 Å². The second-order valence-electron chi connectivity index (χ2n) is 12.3. The van der Waals surface area contributed by atoms with E-state index in [9.17, 15) is 4.79 Å². The number of carbonyl (C=O) groups is 1. The Morgan fingerprint density at radius 2 is 1.73 bits per heavy atom. The quantitative estimate of drug-likeness (QED) is 0.318. The maximum Gasteiger partial charge on any atom is 0.251 e. The molecule has 2 saturated heterocycles. The lowest BCUT2D eigenvalue weighted by Crippen LogP contribution is -2.56. The number of rotatable bonds is 7. The summed E-state index contributed by atoms with van der Waals surface area (Å²) in [6, 6.07) is 25.2. The van der Waals surface area contributed by atoms with Gasteiger partial charge in [-0.05, 0) is 47.7 Å². The summed E-state index contributed by atoms with van der Waals surface area (Å²) in [7, 11) is 0. The van der Waals surface area contributed by atoms with Crippen molar-refractivity contribution >= 4 is 22.5 Å². The molecule has 3 heterocycles. The van der Waals surface area contributed by atoms with Gasteiger partial charge in [0, 0.05) is 48.4 Å². The molecule has 4 aromatic rings. The highest BCUT2D eigenvalue weighted by molar-refractivity contribution is 6.01. The summed E-state index contributed by atoms with van der Waals surface area (Å²) in [4.78, 5) is 18.5. The molecule has 3 aromatic carbocycles. The van der Waals surface area contributed by atoms with Gasteiger partial charge >= 0.3 is 0 Å². The summed E-state index contributed by atoms with van der Waals surface area (Å²) < 4.78 is 5.37. The maximum absolute atomic E-state index is 13.5. The smallest absolute Gasteiger partial charge is 0.251 e. The number of benzene rings is 3. The highest BCUT2D eigenvalue weighted by Crippen LogP contribution is 2.32. The van der Waals surface area contributed by atoms with Gasteiger partial charge in [0.05, 0.1) is 36.5 Å². The Hall–Kier alpha value is -3.68. The van der Waals surface area contributed by atoms with Gasteiger partial charge < -0.3 is 15.0 Å². The van der Waals surface area contributed by atoms with Crippen molar-refractivity contribution in [3.8, 4) is 11.3 Å². The van der Waals surface area contributed by atoms with Crippen LogP contribution in [-0.2, 0) is 4.74 Å². The Bertz CT molecular complexity index is 1450. The lowest BCUT2D eigenvalue weighted by atomic mass is 9.85. The van der Waals surface area contributed by atoms with E-state index in [1.807, 2.05) is 36.4 Å². The minimum Gasteiger partial charge on any atom is -0.378 e. The Kier molecular flexibility index (Phi) is 7.34. The Labute approximate surface area is 236 Å². The molecule has 0 radical (unpaired) electrons. The number of piperazine rings is 1. The second kappa shape index (κ2) is 11.1. The van der Waals surface area contributed by atoms with Crippen LogP contribution in [0.4, 0.5) is 5.69 Å². The standard InChI is InChI=1S/C33H39N5O2/c1-33(2,3)20-30(23-7-5-4-6-8-23)34-32(39)25-11-14-29-28(19-25)31(36-35-29)24-9-12-26(13-10-24)37-15-17-38(18-16-37)27-21-40-22-27/h4-14,19,27,30H,15-18,20-22H2,1-3H3,(H,34,39)(H,35,36)/t30-/m0/s1. The Balaban J connectivity index is 1.18. The van der Waals surface area contributed by atoms with Crippen molar-refractivity contribution in [3.63, 3.8) is 0 Å². The summed E-state index contributed by atoms with van der Waals surface area (Å²) in [5, 5.41) is 12.0. The van der Waals surface area contributed by atoms with E-state index in [1.54, 1.807) is 0 Å². The molecule has 40 heavy (non-hydrogen) atoms. The van der Waals surface area contributed by atoms with Gasteiger partial charge in [0.2, 0.25) is 0 Å². The van der Waals surface area contributed by atoms with Crippen molar-refractivity contribution in [2.75, 3.05) is 44.3 Å². The van der Waals surface area contributed by atoms with E-state index < -0.39 is 0 Å². The van der Waals surface area contributed by atoms with Gasteiger partial charge in [0.1, 0.15) is 0 Å². The number of aromatic nitrogens is 2. The molecule has 7 heteroatoms. The van der Waals surface area contributed by atoms with Crippen LogP contribution in [0.5, 0.6) is 0 Å². The molecule has 2 aliphatic heterocycles. The zero-order valence-corrected chi connectivity index (χ0v) is 23.7. The highest BCUT2D eigenvalue weighted by atomic mass is 16.5. The molecule has 0 unspecified atom stereocenters. The molecule has 2 N–H and O–H groups in total. The van der Waals surface area contributed by atoms with E-state index in [0.29, 0.717) is 11.6 Å². The topological polar surface area (TPSA) is 73.5 Å². The summed E-state index contributed by atoms with van der Waals surface area (Å²) in [6.45, 7) is 12.6. The van der Waals surface area contributed by atoms with Crippen LogP contribution < -0.4 is 10.2 Å². The predicted octanol–water partition coefficient (Wildman–Crippen LogP) is 5.66. The first kappa shape index (κ1) is 26.5. The van der Waals surface area contributed by atoms with Gasteiger partial charge in [0.25, 0.3) is 5.91 Å². The molecule has 2 fully saturated rings. The average molecular weight is 538 g/mol. The summed E-state index contributed by atoms with van der Waals surface area (Å²) in [5.74, 6) is -0.0740. The maximum atomic E-state index is 13.5. The van der Waals surface area contributed by atoms with E-state index in [1.165, 1.54) is 5.69 Å². The average Bonchev–Trinajstić information content (AvgIpc) is 3.35. The Morgan fingerprint density at radius 3 is 2.38 bits per heavy atom. The van der Waals surface area contributed by atoms with Crippen molar-refractivity contribution in [3.05, 3.63) is 83.9 Å². The number of H-pyrrole nitrogens is 1. The molecule has 208 valence electrons.